The predicted molar refractivity (Wildman–Crippen MR) is 81.6 cm³/mol. The minimum absolute atomic E-state index is 0.0212. The molecule has 5 nitrogen and oxygen atoms in total. The first-order valence-corrected chi connectivity index (χ1v) is 7.32. The summed E-state index contributed by atoms with van der Waals surface area (Å²) in [5.41, 5.74) is 1.92. The monoisotopic (exact) mass is 290 g/mol. The van der Waals surface area contributed by atoms with Gasteiger partial charge in [0, 0.05) is 25.3 Å². The molecule has 114 valence electrons. The minimum Gasteiger partial charge on any atom is -0.481 e. The molecule has 1 atom stereocenters. The van der Waals surface area contributed by atoms with Gasteiger partial charge < -0.3 is 10.0 Å². The van der Waals surface area contributed by atoms with E-state index in [2.05, 4.69) is 0 Å². The van der Waals surface area contributed by atoms with Crippen molar-refractivity contribution in [1.82, 2.24) is 4.90 Å². The second kappa shape index (κ2) is 6.61. The molecule has 0 aromatic heterocycles. The van der Waals surface area contributed by atoms with Crippen molar-refractivity contribution in [3.8, 4) is 0 Å². The largest absolute Gasteiger partial charge is 0.481 e. The average molecular weight is 290 g/mol. The lowest BCUT2D eigenvalue weighted by Crippen LogP contribution is -2.50. The van der Waals surface area contributed by atoms with Crippen molar-refractivity contribution in [2.75, 3.05) is 18.5 Å². The number of hydrogen-bond donors (Lipinski definition) is 1. The summed E-state index contributed by atoms with van der Waals surface area (Å²) in [4.78, 5) is 26.9. The molecular formula is C16H22N2O3. The van der Waals surface area contributed by atoms with Gasteiger partial charge in [0.05, 0.1) is 6.42 Å². The van der Waals surface area contributed by atoms with Crippen LogP contribution in [0.25, 0.3) is 0 Å². The van der Waals surface area contributed by atoms with E-state index >= 15 is 0 Å². The van der Waals surface area contributed by atoms with Crippen LogP contribution >= 0.6 is 0 Å². The first kappa shape index (κ1) is 15.4. The van der Waals surface area contributed by atoms with Crippen LogP contribution in [0.1, 0.15) is 31.2 Å². The first-order chi connectivity index (χ1) is 9.99. The molecule has 1 heterocycles. The molecular weight excluding hydrogens is 268 g/mol. The van der Waals surface area contributed by atoms with Gasteiger partial charge >= 0.3 is 12.0 Å². The first-order valence-electron chi connectivity index (χ1n) is 7.32. The van der Waals surface area contributed by atoms with Gasteiger partial charge in [-0.1, -0.05) is 12.1 Å². The molecule has 0 saturated carbocycles. The molecule has 1 unspecified atom stereocenters. The Kier molecular flexibility index (Phi) is 4.83. The number of aliphatic carboxylic acids is 1. The lowest BCUT2D eigenvalue weighted by atomic mass is 10.00. The van der Waals surface area contributed by atoms with Crippen LogP contribution in [0.2, 0.25) is 0 Å². The highest BCUT2D eigenvalue weighted by molar-refractivity contribution is 5.92. The van der Waals surface area contributed by atoms with E-state index in [1.165, 1.54) is 0 Å². The molecule has 0 spiro atoms. The number of carbonyl (C=O) groups is 2. The van der Waals surface area contributed by atoms with Crippen LogP contribution in [-0.2, 0) is 4.79 Å². The number of rotatable bonds is 3. The van der Waals surface area contributed by atoms with E-state index in [9.17, 15) is 9.59 Å². The van der Waals surface area contributed by atoms with Crippen LogP contribution in [0.15, 0.2) is 24.3 Å². The number of urea groups is 1. The van der Waals surface area contributed by atoms with E-state index in [-0.39, 0.29) is 18.5 Å². The van der Waals surface area contributed by atoms with E-state index in [0.717, 1.165) is 30.5 Å². The predicted octanol–water partition coefficient (Wildman–Crippen LogP) is 2.88. The summed E-state index contributed by atoms with van der Waals surface area (Å²) in [6, 6.07) is 7.42. The van der Waals surface area contributed by atoms with Gasteiger partial charge in [-0.15, -0.1) is 0 Å². The lowest BCUT2D eigenvalue weighted by molar-refractivity contribution is -0.138. The Morgan fingerprint density at radius 3 is 2.81 bits per heavy atom. The molecule has 2 rings (SSSR count). The van der Waals surface area contributed by atoms with Crippen molar-refractivity contribution < 1.29 is 14.7 Å². The van der Waals surface area contributed by atoms with Crippen molar-refractivity contribution in [1.29, 1.82) is 0 Å². The Labute approximate surface area is 125 Å². The second-order valence-corrected chi connectivity index (χ2v) is 5.62. The number of likely N-dealkylation sites (tertiary alicyclic amines) is 1. The zero-order chi connectivity index (χ0) is 15.4. The summed E-state index contributed by atoms with van der Waals surface area (Å²) in [7, 11) is 1.74. The summed E-state index contributed by atoms with van der Waals surface area (Å²) in [5, 5.41) is 9.01. The molecule has 2 amide bonds. The van der Waals surface area contributed by atoms with Gasteiger partial charge in [-0.25, -0.2) is 4.79 Å². The maximum Gasteiger partial charge on any atom is 0.324 e. The fourth-order valence-electron chi connectivity index (χ4n) is 2.81. The topological polar surface area (TPSA) is 60.9 Å². The molecule has 21 heavy (non-hydrogen) atoms. The zero-order valence-electron chi connectivity index (χ0n) is 12.6. The van der Waals surface area contributed by atoms with Crippen molar-refractivity contribution in [2.24, 2.45) is 0 Å². The Hall–Kier alpha value is -2.04. The van der Waals surface area contributed by atoms with Crippen molar-refractivity contribution in [3.05, 3.63) is 29.8 Å². The molecule has 1 fully saturated rings. The lowest BCUT2D eigenvalue weighted by Gasteiger charge is -2.37. The Bertz CT molecular complexity index is 530. The van der Waals surface area contributed by atoms with Gasteiger partial charge in [0.15, 0.2) is 0 Å². The second-order valence-electron chi connectivity index (χ2n) is 5.62. The number of amides is 2. The van der Waals surface area contributed by atoms with Crippen molar-refractivity contribution >= 4 is 17.7 Å². The number of hydrogen-bond acceptors (Lipinski definition) is 2. The van der Waals surface area contributed by atoms with E-state index in [1.54, 1.807) is 16.8 Å². The number of benzene rings is 1. The van der Waals surface area contributed by atoms with Gasteiger partial charge in [0.2, 0.25) is 0 Å². The van der Waals surface area contributed by atoms with Gasteiger partial charge in [-0.2, -0.15) is 0 Å². The summed E-state index contributed by atoms with van der Waals surface area (Å²) < 4.78 is 0. The molecule has 1 saturated heterocycles. The Morgan fingerprint density at radius 2 is 2.14 bits per heavy atom. The summed E-state index contributed by atoms with van der Waals surface area (Å²) in [6.07, 6.45) is 2.70. The smallest absolute Gasteiger partial charge is 0.324 e. The van der Waals surface area contributed by atoms with Gasteiger partial charge in [-0.05, 0) is 43.9 Å². The fraction of sp³-hybridized carbons (Fsp3) is 0.500. The third-order valence-corrected chi connectivity index (χ3v) is 3.96. The standard InChI is InChI=1S/C16H22N2O3/c1-12-6-5-8-13(10-12)17(2)16(21)18-9-4-3-7-14(18)11-15(19)20/h5-6,8,10,14H,3-4,7,9,11H2,1-2H3,(H,19,20). The molecule has 5 heteroatoms. The summed E-state index contributed by atoms with van der Waals surface area (Å²) in [6.45, 7) is 2.61. The molecule has 1 aromatic carbocycles. The quantitative estimate of drug-likeness (QED) is 0.931. The number of carboxylic acids is 1. The number of piperidine rings is 1. The number of anilines is 1. The van der Waals surface area contributed by atoms with E-state index in [4.69, 9.17) is 5.11 Å². The van der Waals surface area contributed by atoms with E-state index in [1.807, 2.05) is 31.2 Å². The molecule has 0 aliphatic carbocycles. The van der Waals surface area contributed by atoms with Crippen molar-refractivity contribution in [3.63, 3.8) is 0 Å². The zero-order valence-corrected chi connectivity index (χ0v) is 12.6. The average Bonchev–Trinajstić information content (AvgIpc) is 2.46. The van der Waals surface area contributed by atoms with Crippen LogP contribution in [0, 0.1) is 6.92 Å². The van der Waals surface area contributed by atoms with Crippen LogP contribution in [0.3, 0.4) is 0 Å². The molecule has 0 radical (unpaired) electrons. The SMILES string of the molecule is Cc1cccc(N(C)C(=O)N2CCCCC2CC(=O)O)c1. The van der Waals surface area contributed by atoms with Gasteiger partial charge in [0.25, 0.3) is 0 Å². The number of nitrogens with zero attached hydrogens (tertiary/aromatic N) is 2. The molecule has 1 aromatic rings. The van der Waals surface area contributed by atoms with E-state index < -0.39 is 5.97 Å². The summed E-state index contributed by atoms with van der Waals surface area (Å²) in [5.74, 6) is -0.849. The summed E-state index contributed by atoms with van der Waals surface area (Å²) >= 11 is 0. The molecule has 1 aliphatic rings. The number of carboxylic acid groups (broad SMARTS) is 1. The van der Waals surface area contributed by atoms with Crippen LogP contribution in [-0.4, -0.2) is 41.6 Å². The minimum atomic E-state index is -0.849. The van der Waals surface area contributed by atoms with Crippen LogP contribution in [0.4, 0.5) is 10.5 Å². The third kappa shape index (κ3) is 3.74. The fourth-order valence-corrected chi connectivity index (χ4v) is 2.81. The normalized spacial score (nSPS) is 18.4. The maximum absolute atomic E-state index is 12.7. The third-order valence-electron chi connectivity index (χ3n) is 3.96. The van der Waals surface area contributed by atoms with Gasteiger partial charge in [-0.3, -0.25) is 9.69 Å². The Morgan fingerprint density at radius 1 is 1.38 bits per heavy atom. The maximum atomic E-state index is 12.7. The highest BCUT2D eigenvalue weighted by atomic mass is 16.4. The van der Waals surface area contributed by atoms with E-state index in [0.29, 0.717) is 6.54 Å². The molecule has 0 bridgehead atoms. The van der Waals surface area contributed by atoms with Crippen LogP contribution in [0.5, 0.6) is 0 Å². The van der Waals surface area contributed by atoms with Crippen LogP contribution < -0.4 is 4.90 Å². The number of aryl methyl sites for hydroxylation is 1. The molecule has 1 aliphatic heterocycles. The highest BCUT2D eigenvalue weighted by Gasteiger charge is 2.30. The van der Waals surface area contributed by atoms with Crippen molar-refractivity contribution in [2.45, 2.75) is 38.6 Å². The highest BCUT2D eigenvalue weighted by Crippen LogP contribution is 2.23. The molecule has 1 N–H and O–H groups in total. The Balaban J connectivity index is 2.14. The van der Waals surface area contributed by atoms with Gasteiger partial charge in [0.1, 0.15) is 0 Å². The number of carbonyl (C=O) groups excluding carboxylic acids is 1.